The van der Waals surface area contributed by atoms with Crippen LogP contribution in [0.15, 0.2) is 18.2 Å². The van der Waals surface area contributed by atoms with Gasteiger partial charge in [-0.05, 0) is 75.3 Å². The van der Waals surface area contributed by atoms with E-state index in [0.29, 0.717) is 45.2 Å². The Morgan fingerprint density at radius 1 is 1.18 bits per heavy atom. The van der Waals surface area contributed by atoms with E-state index in [1.165, 1.54) is 5.56 Å². The summed E-state index contributed by atoms with van der Waals surface area (Å²) in [5.74, 6) is 1.01. The molecule has 0 amide bonds. The van der Waals surface area contributed by atoms with Gasteiger partial charge < -0.3 is 24.6 Å². The number of aromatic hydroxyl groups is 1. The van der Waals surface area contributed by atoms with Crippen LogP contribution in [0.1, 0.15) is 67.8 Å². The number of hydrogen-bond donors (Lipinski definition) is 2. The van der Waals surface area contributed by atoms with Crippen molar-refractivity contribution < 1.29 is 24.1 Å². The Morgan fingerprint density at radius 3 is 2.92 bits per heavy atom. The fourth-order valence-corrected chi connectivity index (χ4v) is 7.71. The van der Waals surface area contributed by atoms with Gasteiger partial charge in [0.2, 0.25) is 0 Å². The highest BCUT2D eigenvalue weighted by Gasteiger charge is 2.50. The minimum absolute atomic E-state index is 0.241. The van der Waals surface area contributed by atoms with Crippen molar-refractivity contribution in [3.63, 3.8) is 0 Å². The number of hydrogen-bond acceptors (Lipinski definition) is 8. The maximum Gasteiger partial charge on any atom is 0.318 e. The van der Waals surface area contributed by atoms with Crippen molar-refractivity contribution in [1.29, 1.82) is 0 Å². The van der Waals surface area contributed by atoms with Crippen molar-refractivity contribution in [2.45, 2.75) is 87.8 Å². The number of aryl methyl sites for hydroxylation is 1. The standard InChI is InChI=1S/C29H37FN4O4/c1-27(36)7-2-10-33(17-27)25-22-16-38-29(9-6-19-4-5-21(35)12-23(19)29)14-24(22)31-26(32-25)37-18-28-8-3-11-34(28)15-20(30)13-28/h4-5,12,20,35-36H,2-3,6-11,13-18H2,1H3/t20-,27-,28+,29-/m1/s1. The zero-order chi connectivity index (χ0) is 26.1. The number of piperidine rings is 1. The Balaban J connectivity index is 1.24. The van der Waals surface area contributed by atoms with E-state index in [4.69, 9.17) is 19.4 Å². The molecule has 0 unspecified atom stereocenters. The number of anilines is 1. The molecule has 1 aromatic heterocycles. The Hall–Kier alpha value is -2.49. The summed E-state index contributed by atoms with van der Waals surface area (Å²) in [6.45, 7) is 5.28. The molecule has 204 valence electrons. The van der Waals surface area contributed by atoms with E-state index < -0.39 is 17.4 Å². The van der Waals surface area contributed by atoms with Gasteiger partial charge in [0.15, 0.2) is 0 Å². The maximum atomic E-state index is 14.3. The highest BCUT2D eigenvalue weighted by atomic mass is 19.1. The van der Waals surface area contributed by atoms with E-state index in [0.717, 1.165) is 74.3 Å². The second kappa shape index (κ2) is 8.76. The first-order valence-corrected chi connectivity index (χ1v) is 14.1. The highest BCUT2D eigenvalue weighted by Crippen LogP contribution is 2.48. The number of halogens is 1. The molecule has 1 aromatic carbocycles. The van der Waals surface area contributed by atoms with Crippen molar-refractivity contribution in [2.75, 3.05) is 37.7 Å². The van der Waals surface area contributed by atoms with Crippen LogP contribution in [-0.4, -0.2) is 75.2 Å². The van der Waals surface area contributed by atoms with E-state index >= 15 is 0 Å². The molecule has 5 heterocycles. The number of benzene rings is 1. The summed E-state index contributed by atoms with van der Waals surface area (Å²) in [6.07, 6.45) is 5.58. The number of aromatic nitrogens is 2. The minimum Gasteiger partial charge on any atom is -0.508 e. The molecule has 2 N–H and O–H groups in total. The number of ether oxygens (including phenoxy) is 2. The molecule has 1 aliphatic carbocycles. The van der Waals surface area contributed by atoms with E-state index in [1.807, 2.05) is 19.1 Å². The molecule has 38 heavy (non-hydrogen) atoms. The lowest BCUT2D eigenvalue weighted by Gasteiger charge is -2.41. The summed E-state index contributed by atoms with van der Waals surface area (Å²) in [4.78, 5) is 14.2. The van der Waals surface area contributed by atoms with E-state index in [2.05, 4.69) is 9.80 Å². The van der Waals surface area contributed by atoms with Crippen LogP contribution >= 0.6 is 0 Å². The van der Waals surface area contributed by atoms with Crippen molar-refractivity contribution >= 4 is 5.82 Å². The zero-order valence-corrected chi connectivity index (χ0v) is 22.1. The van der Waals surface area contributed by atoms with Gasteiger partial charge in [-0.15, -0.1) is 0 Å². The maximum absolute atomic E-state index is 14.3. The van der Waals surface area contributed by atoms with Crippen LogP contribution in [0, 0.1) is 0 Å². The summed E-state index contributed by atoms with van der Waals surface area (Å²) < 4.78 is 27.3. The van der Waals surface area contributed by atoms with Crippen molar-refractivity contribution in [2.24, 2.45) is 0 Å². The minimum atomic E-state index is -0.814. The zero-order valence-electron chi connectivity index (χ0n) is 22.1. The molecule has 3 fully saturated rings. The lowest BCUT2D eigenvalue weighted by molar-refractivity contribution is -0.0732. The van der Waals surface area contributed by atoms with Crippen LogP contribution in [0.5, 0.6) is 11.8 Å². The number of nitrogens with zero attached hydrogens (tertiary/aromatic N) is 4. The normalized spacial score (nSPS) is 34.4. The van der Waals surface area contributed by atoms with Crippen LogP contribution in [0.3, 0.4) is 0 Å². The molecule has 0 bridgehead atoms. The molecule has 9 heteroatoms. The Bertz CT molecular complexity index is 1260. The average Bonchev–Trinajstić information content (AvgIpc) is 3.52. The first-order chi connectivity index (χ1) is 18.2. The molecule has 4 aliphatic heterocycles. The van der Waals surface area contributed by atoms with Crippen LogP contribution in [0.4, 0.5) is 10.2 Å². The second-order valence-electron chi connectivity index (χ2n) is 12.4. The molecular weight excluding hydrogens is 487 g/mol. The fourth-order valence-electron chi connectivity index (χ4n) is 7.71. The monoisotopic (exact) mass is 524 g/mol. The Labute approximate surface area is 222 Å². The first-order valence-electron chi connectivity index (χ1n) is 14.1. The second-order valence-corrected chi connectivity index (χ2v) is 12.4. The summed E-state index contributed by atoms with van der Waals surface area (Å²) in [6, 6.07) is 5.87. The molecule has 3 saturated heterocycles. The van der Waals surface area contributed by atoms with Crippen LogP contribution in [0.25, 0.3) is 0 Å². The quantitative estimate of drug-likeness (QED) is 0.629. The summed E-state index contributed by atoms with van der Waals surface area (Å²) >= 11 is 0. The molecule has 4 atom stereocenters. The van der Waals surface area contributed by atoms with Crippen molar-refractivity contribution in [3.8, 4) is 11.8 Å². The largest absolute Gasteiger partial charge is 0.508 e. The predicted octanol–water partition coefficient (Wildman–Crippen LogP) is 3.40. The van der Waals surface area contributed by atoms with E-state index in [9.17, 15) is 14.6 Å². The van der Waals surface area contributed by atoms with Gasteiger partial charge in [-0.2, -0.15) is 9.97 Å². The molecule has 5 aliphatic rings. The Kier molecular flexibility index (Phi) is 5.66. The van der Waals surface area contributed by atoms with Crippen LogP contribution in [-0.2, 0) is 29.8 Å². The molecule has 2 aromatic rings. The fraction of sp³-hybridized carbons (Fsp3) is 0.655. The van der Waals surface area contributed by atoms with Gasteiger partial charge in [0.25, 0.3) is 0 Å². The third-order valence-electron chi connectivity index (χ3n) is 9.58. The van der Waals surface area contributed by atoms with Gasteiger partial charge in [0.05, 0.1) is 29.0 Å². The Morgan fingerprint density at radius 2 is 2.05 bits per heavy atom. The van der Waals surface area contributed by atoms with Crippen molar-refractivity contribution in [3.05, 3.63) is 40.6 Å². The lowest BCUT2D eigenvalue weighted by Crippen LogP contribution is -2.47. The molecule has 8 nitrogen and oxygen atoms in total. The van der Waals surface area contributed by atoms with Crippen LogP contribution in [0.2, 0.25) is 0 Å². The lowest BCUT2D eigenvalue weighted by atomic mass is 9.86. The number of phenols is 1. The van der Waals surface area contributed by atoms with Gasteiger partial charge >= 0.3 is 6.01 Å². The third-order valence-corrected chi connectivity index (χ3v) is 9.58. The summed E-state index contributed by atoms with van der Waals surface area (Å²) in [7, 11) is 0. The highest BCUT2D eigenvalue weighted by molar-refractivity contribution is 5.53. The molecule has 0 saturated carbocycles. The SMILES string of the molecule is C[C@@]1(O)CCCN(c2nc(OC[C@@]34CCCN3C[C@H](F)C4)nc3c2CO[C@]2(CCc4ccc(O)cc42)C3)C1. The third kappa shape index (κ3) is 4.05. The molecular formula is C29H37FN4O4. The van der Waals surface area contributed by atoms with Gasteiger partial charge in [-0.3, -0.25) is 4.90 Å². The topological polar surface area (TPSA) is 91.2 Å². The first kappa shape index (κ1) is 24.5. The number of phenolic OH excluding ortho intramolecular Hbond substituents is 1. The average molecular weight is 525 g/mol. The number of rotatable bonds is 4. The molecule has 1 spiro atoms. The number of β-amino-alcohol motifs (C(OH)–C–C–N with tert-alkyl or cyclic N) is 1. The van der Waals surface area contributed by atoms with E-state index in [-0.39, 0.29) is 11.3 Å². The van der Waals surface area contributed by atoms with Gasteiger partial charge in [0.1, 0.15) is 24.3 Å². The smallest absolute Gasteiger partial charge is 0.318 e. The summed E-state index contributed by atoms with van der Waals surface area (Å²) in [5, 5.41) is 21.1. The number of aliphatic hydroxyl groups is 1. The molecule has 7 rings (SSSR count). The number of fused-ring (bicyclic) bond motifs is 4. The summed E-state index contributed by atoms with van der Waals surface area (Å²) in [5.41, 5.74) is 2.47. The van der Waals surface area contributed by atoms with Gasteiger partial charge in [0, 0.05) is 38.0 Å². The van der Waals surface area contributed by atoms with Crippen LogP contribution < -0.4 is 9.64 Å². The van der Waals surface area contributed by atoms with Gasteiger partial charge in [-0.1, -0.05) is 6.07 Å². The predicted molar refractivity (Wildman–Crippen MR) is 139 cm³/mol. The van der Waals surface area contributed by atoms with Crippen molar-refractivity contribution in [1.82, 2.24) is 14.9 Å². The van der Waals surface area contributed by atoms with E-state index in [1.54, 1.807) is 6.07 Å². The van der Waals surface area contributed by atoms with Gasteiger partial charge in [-0.25, -0.2) is 4.39 Å². The molecule has 0 radical (unpaired) electrons. The number of alkyl halides is 1.